The Hall–Kier alpha value is -1.53. The monoisotopic (exact) mass is 393 g/mol. The lowest BCUT2D eigenvalue weighted by atomic mass is 9.90. The molecule has 1 unspecified atom stereocenters. The van der Waals surface area contributed by atoms with E-state index in [9.17, 15) is 4.79 Å². The standard InChI is InChI=1S/C14H20BNO2.C6H14O2.C2H6/c1-10(11-5-7-12(15)8-6-11)9-16-13(17)18-14(2,3)4;1-5(2,7)6(3,4)8;1-2/h5-8,10H,9H2,1-4H3,(H,16,17);7-8H,1-4H3;1-2H3. The van der Waals surface area contributed by atoms with Crippen LogP contribution in [0.15, 0.2) is 24.3 Å². The molecule has 0 saturated heterocycles. The number of nitrogens with one attached hydrogen (secondary N) is 1. The summed E-state index contributed by atoms with van der Waals surface area (Å²) in [5, 5.41) is 21.0. The van der Waals surface area contributed by atoms with Gasteiger partial charge in [0.05, 0.1) is 11.2 Å². The van der Waals surface area contributed by atoms with Gasteiger partial charge in [0.15, 0.2) is 0 Å². The number of carbonyl (C=O) groups is 1. The molecule has 28 heavy (non-hydrogen) atoms. The molecule has 2 radical (unpaired) electrons. The fourth-order valence-electron chi connectivity index (χ4n) is 1.49. The normalized spacial score (nSPS) is 12.6. The topological polar surface area (TPSA) is 78.8 Å². The van der Waals surface area contributed by atoms with Crippen LogP contribution in [0.3, 0.4) is 0 Å². The highest BCUT2D eigenvalue weighted by molar-refractivity contribution is 6.32. The number of hydrogen-bond donors (Lipinski definition) is 3. The van der Waals surface area contributed by atoms with Crippen LogP contribution in [0, 0.1) is 0 Å². The van der Waals surface area contributed by atoms with Gasteiger partial charge in [0.1, 0.15) is 13.4 Å². The summed E-state index contributed by atoms with van der Waals surface area (Å²) in [5.74, 6) is 0.220. The lowest BCUT2D eigenvalue weighted by Crippen LogP contribution is -2.44. The number of aliphatic hydroxyl groups is 2. The Morgan fingerprint density at radius 3 is 1.71 bits per heavy atom. The van der Waals surface area contributed by atoms with Gasteiger partial charge in [-0.1, -0.05) is 50.5 Å². The molecule has 1 atom stereocenters. The first-order valence-corrected chi connectivity index (χ1v) is 9.80. The molecule has 0 bridgehead atoms. The number of amides is 1. The Labute approximate surface area is 173 Å². The van der Waals surface area contributed by atoms with Crippen molar-refractivity contribution < 1.29 is 19.7 Å². The van der Waals surface area contributed by atoms with E-state index in [0.717, 1.165) is 11.0 Å². The third-order valence-corrected chi connectivity index (χ3v) is 3.95. The highest BCUT2D eigenvalue weighted by Crippen LogP contribution is 2.19. The van der Waals surface area contributed by atoms with Crippen molar-refractivity contribution in [2.75, 3.05) is 6.54 Å². The second kappa shape index (κ2) is 12.1. The fourth-order valence-corrected chi connectivity index (χ4v) is 1.49. The summed E-state index contributed by atoms with van der Waals surface area (Å²) in [4.78, 5) is 11.5. The van der Waals surface area contributed by atoms with E-state index in [4.69, 9.17) is 22.8 Å². The van der Waals surface area contributed by atoms with E-state index in [1.165, 1.54) is 0 Å². The van der Waals surface area contributed by atoms with Crippen molar-refractivity contribution in [2.45, 2.75) is 92.0 Å². The minimum absolute atomic E-state index is 0.220. The zero-order valence-corrected chi connectivity index (χ0v) is 19.4. The Balaban J connectivity index is 0. The summed E-state index contributed by atoms with van der Waals surface area (Å²) >= 11 is 0. The Morgan fingerprint density at radius 2 is 1.39 bits per heavy atom. The predicted octanol–water partition coefficient (Wildman–Crippen LogP) is 3.66. The summed E-state index contributed by atoms with van der Waals surface area (Å²) in [6.45, 7) is 18.4. The average Bonchev–Trinajstić information content (AvgIpc) is 2.52. The second-order valence-electron chi connectivity index (χ2n) is 8.57. The van der Waals surface area contributed by atoms with E-state index in [0.29, 0.717) is 6.54 Å². The quantitative estimate of drug-likeness (QED) is 0.682. The average molecular weight is 393 g/mol. The first-order chi connectivity index (χ1) is 12.5. The molecule has 0 aliphatic rings. The van der Waals surface area contributed by atoms with Crippen molar-refractivity contribution >= 4 is 19.4 Å². The van der Waals surface area contributed by atoms with Crippen LogP contribution in [0.4, 0.5) is 4.79 Å². The zero-order chi connectivity index (χ0) is 22.8. The maximum absolute atomic E-state index is 11.5. The third kappa shape index (κ3) is 13.6. The lowest BCUT2D eigenvalue weighted by Gasteiger charge is -2.31. The molecule has 0 aliphatic carbocycles. The van der Waals surface area contributed by atoms with Gasteiger partial charge in [-0.3, -0.25) is 0 Å². The second-order valence-corrected chi connectivity index (χ2v) is 8.57. The number of hydrogen-bond acceptors (Lipinski definition) is 4. The summed E-state index contributed by atoms with van der Waals surface area (Å²) in [7, 11) is 5.63. The number of alkyl carbamates (subject to hydrolysis) is 1. The van der Waals surface area contributed by atoms with Gasteiger partial charge in [-0.2, -0.15) is 0 Å². The lowest BCUT2D eigenvalue weighted by molar-refractivity contribution is -0.107. The van der Waals surface area contributed by atoms with E-state index in [1.54, 1.807) is 27.7 Å². The molecule has 1 aromatic rings. The minimum Gasteiger partial charge on any atom is -0.444 e. The van der Waals surface area contributed by atoms with Crippen molar-refractivity contribution in [3.8, 4) is 0 Å². The van der Waals surface area contributed by atoms with Gasteiger partial charge in [0, 0.05) is 6.54 Å². The molecule has 0 heterocycles. The summed E-state index contributed by atoms with van der Waals surface area (Å²) < 4.78 is 5.17. The molecule has 0 aromatic heterocycles. The number of benzene rings is 1. The molecule has 1 rings (SSSR count). The van der Waals surface area contributed by atoms with Crippen LogP contribution >= 0.6 is 0 Å². The van der Waals surface area contributed by atoms with E-state index >= 15 is 0 Å². The van der Waals surface area contributed by atoms with E-state index < -0.39 is 16.8 Å². The Kier molecular flexibility index (Phi) is 12.4. The molecule has 1 amide bonds. The molecule has 160 valence electrons. The molecule has 0 saturated carbocycles. The number of ether oxygens (including phenoxy) is 1. The van der Waals surface area contributed by atoms with Gasteiger partial charge < -0.3 is 20.3 Å². The molecule has 6 heteroatoms. The van der Waals surface area contributed by atoms with Crippen LogP contribution in [0.2, 0.25) is 0 Å². The van der Waals surface area contributed by atoms with Gasteiger partial charge in [-0.05, 0) is 59.9 Å². The predicted molar refractivity (Wildman–Crippen MR) is 118 cm³/mol. The smallest absolute Gasteiger partial charge is 0.407 e. The van der Waals surface area contributed by atoms with Crippen molar-refractivity contribution in [2.24, 2.45) is 0 Å². The van der Waals surface area contributed by atoms with Crippen LogP contribution in [0.25, 0.3) is 0 Å². The van der Waals surface area contributed by atoms with Gasteiger partial charge >= 0.3 is 6.09 Å². The maximum Gasteiger partial charge on any atom is 0.407 e. The Morgan fingerprint density at radius 1 is 1.00 bits per heavy atom. The maximum atomic E-state index is 11.5. The van der Waals surface area contributed by atoms with Crippen LogP contribution in [0.5, 0.6) is 0 Å². The number of rotatable bonds is 4. The third-order valence-electron chi connectivity index (χ3n) is 3.95. The largest absolute Gasteiger partial charge is 0.444 e. The van der Waals surface area contributed by atoms with Crippen molar-refractivity contribution in [1.82, 2.24) is 5.32 Å². The summed E-state index contributed by atoms with van der Waals surface area (Å²) in [6.07, 6.45) is -0.384. The van der Waals surface area contributed by atoms with E-state index in [2.05, 4.69) is 5.32 Å². The summed E-state index contributed by atoms with van der Waals surface area (Å²) in [6, 6.07) is 7.66. The molecular formula is C22H40BNO4. The van der Waals surface area contributed by atoms with E-state index in [1.807, 2.05) is 65.8 Å². The molecule has 5 nitrogen and oxygen atoms in total. The van der Waals surface area contributed by atoms with Gasteiger partial charge in [-0.25, -0.2) is 4.79 Å². The van der Waals surface area contributed by atoms with Gasteiger partial charge in [0.25, 0.3) is 0 Å². The van der Waals surface area contributed by atoms with Crippen molar-refractivity contribution in [3.05, 3.63) is 29.8 Å². The van der Waals surface area contributed by atoms with Crippen LogP contribution in [-0.4, -0.2) is 47.5 Å². The zero-order valence-electron chi connectivity index (χ0n) is 19.4. The number of carbonyl (C=O) groups excluding carboxylic acids is 1. The van der Waals surface area contributed by atoms with Crippen molar-refractivity contribution in [3.63, 3.8) is 0 Å². The first-order valence-electron chi connectivity index (χ1n) is 9.80. The molecule has 0 fully saturated rings. The molecule has 0 aliphatic heterocycles. The molecule has 3 N–H and O–H groups in total. The molecular weight excluding hydrogens is 353 g/mol. The SMILES string of the molecule is CC.CC(C)(O)C(C)(C)O.[B]c1ccc(C(C)CNC(=O)OC(C)(C)C)cc1. The van der Waals surface area contributed by atoms with Gasteiger partial charge in [0.2, 0.25) is 0 Å². The van der Waals surface area contributed by atoms with Gasteiger partial charge in [-0.15, -0.1) is 0 Å². The highest BCUT2D eigenvalue weighted by Gasteiger charge is 2.31. The van der Waals surface area contributed by atoms with E-state index in [-0.39, 0.29) is 12.0 Å². The van der Waals surface area contributed by atoms with Crippen LogP contribution < -0.4 is 10.8 Å². The van der Waals surface area contributed by atoms with Crippen molar-refractivity contribution in [1.29, 1.82) is 0 Å². The highest BCUT2D eigenvalue weighted by atomic mass is 16.6. The minimum atomic E-state index is -1.01. The first kappa shape index (κ1) is 28.7. The molecule has 0 spiro atoms. The van der Waals surface area contributed by atoms with Crippen LogP contribution in [0.1, 0.15) is 80.7 Å². The van der Waals surface area contributed by atoms with Crippen LogP contribution in [-0.2, 0) is 4.74 Å². The fraction of sp³-hybridized carbons (Fsp3) is 0.682. The Bertz CT molecular complexity index is 540. The summed E-state index contributed by atoms with van der Waals surface area (Å²) in [5.41, 5.74) is -0.597. The molecule has 1 aromatic carbocycles.